The number of aromatic nitrogens is 2. The van der Waals surface area contributed by atoms with Gasteiger partial charge in [0.05, 0.1) is 6.54 Å². The molecule has 6 heteroatoms. The molecule has 4 nitrogen and oxygen atoms in total. The van der Waals surface area contributed by atoms with Gasteiger partial charge in [0.15, 0.2) is 0 Å². The number of hydrogen-bond acceptors (Lipinski definition) is 6. The zero-order valence-electron chi connectivity index (χ0n) is 9.09. The summed E-state index contributed by atoms with van der Waals surface area (Å²) in [5.41, 5.74) is 5.56. The molecular weight excluding hydrogens is 240 g/mol. The van der Waals surface area contributed by atoms with Crippen molar-refractivity contribution < 1.29 is 0 Å². The fraction of sp³-hybridized carbons (Fsp3) is 0.400. The van der Waals surface area contributed by atoms with E-state index in [9.17, 15) is 0 Å². The first-order chi connectivity index (χ1) is 7.78. The molecular formula is C10H14N4S2. The van der Waals surface area contributed by atoms with Gasteiger partial charge < -0.3 is 5.73 Å². The van der Waals surface area contributed by atoms with E-state index in [0.29, 0.717) is 5.13 Å². The van der Waals surface area contributed by atoms with Crippen LogP contribution in [-0.2, 0) is 13.1 Å². The van der Waals surface area contributed by atoms with Crippen molar-refractivity contribution in [3.8, 4) is 0 Å². The van der Waals surface area contributed by atoms with Gasteiger partial charge in [-0.2, -0.15) is 0 Å². The third-order valence-corrected chi connectivity index (χ3v) is 3.85. The lowest BCUT2D eigenvalue weighted by atomic mass is 10.4. The summed E-state index contributed by atoms with van der Waals surface area (Å²) in [5, 5.41) is 11.5. The highest BCUT2D eigenvalue weighted by molar-refractivity contribution is 7.15. The van der Waals surface area contributed by atoms with E-state index in [4.69, 9.17) is 5.73 Å². The van der Waals surface area contributed by atoms with Crippen molar-refractivity contribution in [3.05, 3.63) is 27.4 Å². The minimum Gasteiger partial charge on any atom is -0.374 e. The van der Waals surface area contributed by atoms with Crippen molar-refractivity contribution in [2.75, 3.05) is 12.3 Å². The normalized spacial score (nSPS) is 11.1. The second kappa shape index (κ2) is 5.38. The molecule has 2 N–H and O–H groups in total. The van der Waals surface area contributed by atoms with Crippen LogP contribution >= 0.6 is 22.7 Å². The highest BCUT2D eigenvalue weighted by Crippen LogP contribution is 2.17. The SMILES string of the molecule is CCN(Cc1cccs1)Cc1nnc(N)s1. The number of rotatable bonds is 5. The molecule has 2 aromatic rings. The van der Waals surface area contributed by atoms with Gasteiger partial charge in [0.2, 0.25) is 5.13 Å². The van der Waals surface area contributed by atoms with E-state index in [1.807, 2.05) is 0 Å². The molecule has 0 amide bonds. The van der Waals surface area contributed by atoms with E-state index in [-0.39, 0.29) is 0 Å². The maximum absolute atomic E-state index is 5.56. The van der Waals surface area contributed by atoms with Gasteiger partial charge in [-0.15, -0.1) is 21.5 Å². The molecule has 0 unspecified atom stereocenters. The van der Waals surface area contributed by atoms with Gasteiger partial charge in [-0.1, -0.05) is 24.3 Å². The summed E-state index contributed by atoms with van der Waals surface area (Å²) in [4.78, 5) is 3.70. The lowest BCUT2D eigenvalue weighted by molar-refractivity contribution is 0.273. The summed E-state index contributed by atoms with van der Waals surface area (Å²) in [6, 6.07) is 4.23. The molecule has 0 spiro atoms. The van der Waals surface area contributed by atoms with Crippen molar-refractivity contribution >= 4 is 27.8 Å². The summed E-state index contributed by atoms with van der Waals surface area (Å²) >= 11 is 3.24. The maximum Gasteiger partial charge on any atom is 0.203 e. The Morgan fingerprint density at radius 2 is 2.25 bits per heavy atom. The van der Waals surface area contributed by atoms with Crippen LogP contribution in [0.2, 0.25) is 0 Å². The Labute approximate surface area is 103 Å². The molecule has 86 valence electrons. The van der Waals surface area contributed by atoms with E-state index in [1.165, 1.54) is 16.2 Å². The van der Waals surface area contributed by atoms with Crippen LogP contribution in [0, 0.1) is 0 Å². The van der Waals surface area contributed by atoms with Gasteiger partial charge in [-0.3, -0.25) is 4.90 Å². The second-order valence-corrected chi connectivity index (χ2v) is 5.54. The van der Waals surface area contributed by atoms with Gasteiger partial charge in [0, 0.05) is 11.4 Å². The Morgan fingerprint density at radius 3 is 2.81 bits per heavy atom. The van der Waals surface area contributed by atoms with Gasteiger partial charge in [-0.25, -0.2) is 0 Å². The highest BCUT2D eigenvalue weighted by Gasteiger charge is 2.08. The number of thiophene rings is 1. The van der Waals surface area contributed by atoms with Crippen LogP contribution in [0.25, 0.3) is 0 Å². The van der Waals surface area contributed by atoms with E-state index in [0.717, 1.165) is 24.6 Å². The van der Waals surface area contributed by atoms with Crippen molar-refractivity contribution in [1.29, 1.82) is 0 Å². The van der Waals surface area contributed by atoms with Crippen molar-refractivity contribution in [2.24, 2.45) is 0 Å². The van der Waals surface area contributed by atoms with Crippen LogP contribution in [0.1, 0.15) is 16.8 Å². The zero-order valence-corrected chi connectivity index (χ0v) is 10.7. The number of nitrogen functional groups attached to an aromatic ring is 1. The van der Waals surface area contributed by atoms with Crippen LogP contribution < -0.4 is 5.73 Å². The molecule has 0 aliphatic heterocycles. The van der Waals surface area contributed by atoms with Crippen LogP contribution in [0.3, 0.4) is 0 Å². The van der Waals surface area contributed by atoms with Gasteiger partial charge in [0.1, 0.15) is 5.01 Å². The monoisotopic (exact) mass is 254 g/mol. The standard InChI is InChI=1S/C10H14N4S2/c1-2-14(6-8-4-3-5-15-8)7-9-12-13-10(11)16-9/h3-5H,2,6-7H2,1H3,(H2,11,13). The fourth-order valence-electron chi connectivity index (χ4n) is 1.42. The van der Waals surface area contributed by atoms with E-state index in [1.54, 1.807) is 11.3 Å². The van der Waals surface area contributed by atoms with Gasteiger partial charge in [-0.05, 0) is 18.0 Å². The summed E-state index contributed by atoms with van der Waals surface area (Å²) in [7, 11) is 0. The molecule has 2 heterocycles. The molecule has 0 aliphatic rings. The third-order valence-electron chi connectivity index (χ3n) is 2.25. The third kappa shape index (κ3) is 3.01. The second-order valence-electron chi connectivity index (χ2n) is 3.42. The molecule has 0 bridgehead atoms. The zero-order chi connectivity index (χ0) is 11.4. The Balaban J connectivity index is 1.95. The van der Waals surface area contributed by atoms with Gasteiger partial charge >= 0.3 is 0 Å². The fourth-order valence-corrected chi connectivity index (χ4v) is 2.82. The van der Waals surface area contributed by atoms with Crippen LogP contribution in [0.5, 0.6) is 0 Å². The maximum atomic E-state index is 5.56. The van der Waals surface area contributed by atoms with E-state index in [2.05, 4.69) is 39.5 Å². The largest absolute Gasteiger partial charge is 0.374 e. The summed E-state index contributed by atoms with van der Waals surface area (Å²) in [5.74, 6) is 0. The molecule has 0 saturated heterocycles. The van der Waals surface area contributed by atoms with Crippen molar-refractivity contribution in [2.45, 2.75) is 20.0 Å². The molecule has 0 aromatic carbocycles. The molecule has 16 heavy (non-hydrogen) atoms. The summed E-state index contributed by atoms with van der Waals surface area (Å²) in [6.45, 7) is 4.94. The molecule has 2 rings (SSSR count). The predicted molar refractivity (Wildman–Crippen MR) is 68.4 cm³/mol. The Hall–Kier alpha value is -0.980. The topological polar surface area (TPSA) is 55.0 Å². The smallest absolute Gasteiger partial charge is 0.203 e. The van der Waals surface area contributed by atoms with Gasteiger partial charge in [0.25, 0.3) is 0 Å². The van der Waals surface area contributed by atoms with Crippen molar-refractivity contribution in [3.63, 3.8) is 0 Å². The van der Waals surface area contributed by atoms with Crippen molar-refractivity contribution in [1.82, 2.24) is 15.1 Å². The molecule has 0 atom stereocenters. The number of nitrogens with zero attached hydrogens (tertiary/aromatic N) is 3. The lowest BCUT2D eigenvalue weighted by Crippen LogP contribution is -2.21. The molecule has 0 radical (unpaired) electrons. The quantitative estimate of drug-likeness (QED) is 0.888. The number of anilines is 1. The Bertz CT molecular complexity index is 424. The molecule has 0 fully saturated rings. The molecule has 0 saturated carbocycles. The first-order valence-corrected chi connectivity index (χ1v) is 6.80. The van der Waals surface area contributed by atoms with E-state index >= 15 is 0 Å². The lowest BCUT2D eigenvalue weighted by Gasteiger charge is -2.17. The van der Waals surface area contributed by atoms with E-state index < -0.39 is 0 Å². The average Bonchev–Trinajstić information content (AvgIpc) is 2.89. The molecule has 0 aliphatic carbocycles. The van der Waals surface area contributed by atoms with Crippen LogP contribution in [-0.4, -0.2) is 21.6 Å². The highest BCUT2D eigenvalue weighted by atomic mass is 32.1. The number of nitrogens with two attached hydrogens (primary N) is 1. The minimum atomic E-state index is 0.544. The first-order valence-electron chi connectivity index (χ1n) is 5.10. The molecule has 2 aromatic heterocycles. The summed E-state index contributed by atoms with van der Waals surface area (Å²) < 4.78 is 0. The minimum absolute atomic E-state index is 0.544. The average molecular weight is 254 g/mol. The van der Waals surface area contributed by atoms with Crippen LogP contribution in [0.15, 0.2) is 17.5 Å². The Kier molecular flexibility index (Phi) is 3.87. The summed E-state index contributed by atoms with van der Waals surface area (Å²) in [6.07, 6.45) is 0. The predicted octanol–water partition coefficient (Wildman–Crippen LogP) is 2.20. The van der Waals surface area contributed by atoms with Crippen LogP contribution in [0.4, 0.5) is 5.13 Å². The Morgan fingerprint density at radius 1 is 1.38 bits per heavy atom. The number of hydrogen-bond donors (Lipinski definition) is 1. The first kappa shape index (κ1) is 11.5.